The Labute approximate surface area is 329 Å². The molecule has 312 valence electrons. The Balaban J connectivity index is 4.25. The van der Waals surface area contributed by atoms with E-state index < -0.39 is 32.5 Å². The Hall–Kier alpha value is -2.29. The molecular weight excluding hydrogens is 701 g/mol. The summed E-state index contributed by atoms with van der Waals surface area (Å²) in [7, 11) is -4.39. The first kappa shape index (κ1) is 51.7. The van der Waals surface area contributed by atoms with Crippen molar-refractivity contribution in [1.29, 1.82) is 0 Å². The van der Waals surface area contributed by atoms with Crippen molar-refractivity contribution in [2.45, 2.75) is 180 Å². The average molecular weight is 780 g/mol. The molecule has 0 spiro atoms. The minimum absolute atomic E-state index is 0.0425. The maximum atomic E-state index is 12.5. The molecule has 0 aromatic heterocycles. The molecule has 0 aromatic carbocycles. The first-order valence-electron chi connectivity index (χ1n) is 21.3. The molecule has 54 heavy (non-hydrogen) atoms. The molecule has 0 heterocycles. The number of allylic oxidation sites excluding steroid dienone is 10. The van der Waals surface area contributed by atoms with Crippen LogP contribution in [-0.2, 0) is 32.7 Å². The summed E-state index contributed by atoms with van der Waals surface area (Å²) in [4.78, 5) is 34.8. The lowest BCUT2D eigenvalue weighted by atomic mass is 10.1. The summed E-state index contributed by atoms with van der Waals surface area (Å²) in [5.74, 6) is -0.909. The van der Waals surface area contributed by atoms with Gasteiger partial charge in [-0.3, -0.25) is 18.6 Å². The molecule has 2 atom stereocenters. The van der Waals surface area contributed by atoms with Crippen LogP contribution >= 0.6 is 7.82 Å². The maximum absolute atomic E-state index is 12.5. The SMILES string of the molecule is CCCCC/C=C/CCCCCCCC(=O)O[C@@H](COC(=O)CCC/C=C/C/C=C/C/C=C/C/C=C/CCCCCCCCC)COP(=O)(O)OCCN. The summed E-state index contributed by atoms with van der Waals surface area (Å²) in [6, 6.07) is 0. The highest BCUT2D eigenvalue weighted by Crippen LogP contribution is 2.43. The smallest absolute Gasteiger partial charge is 0.462 e. The van der Waals surface area contributed by atoms with Crippen LogP contribution in [0.2, 0.25) is 0 Å². The average Bonchev–Trinajstić information content (AvgIpc) is 3.16. The number of unbranched alkanes of at least 4 members (excludes halogenated alkanes) is 16. The Bertz CT molecular complexity index is 1070. The standard InChI is InChI=1S/C44H78NO8P/c1-3-5-7-9-11-13-15-17-18-19-20-21-22-23-24-25-27-28-30-32-34-36-43(46)50-40-42(41-52-54(48,49)51-39-38-45)53-44(47)37-35-33-31-29-26-16-14-12-10-8-6-4-2/h12,14,18-19,21-22,24-25,28,30,42H,3-11,13,15-17,20,23,26-27,29,31-41,45H2,1-2H3,(H,48,49)/b14-12+,19-18+,22-21+,25-24+,30-28+/t42-/m0/s1. The van der Waals surface area contributed by atoms with E-state index >= 15 is 0 Å². The summed E-state index contributed by atoms with van der Waals surface area (Å²) >= 11 is 0. The van der Waals surface area contributed by atoms with Gasteiger partial charge in [-0.25, -0.2) is 4.57 Å². The number of hydrogen-bond donors (Lipinski definition) is 2. The van der Waals surface area contributed by atoms with Crippen LogP contribution in [0, 0.1) is 0 Å². The molecule has 0 amide bonds. The van der Waals surface area contributed by atoms with Crippen LogP contribution in [0.1, 0.15) is 174 Å². The van der Waals surface area contributed by atoms with E-state index in [1.54, 1.807) is 0 Å². The summed E-state index contributed by atoms with van der Waals surface area (Å²) in [5, 5.41) is 0. The predicted molar refractivity (Wildman–Crippen MR) is 224 cm³/mol. The predicted octanol–water partition coefficient (Wildman–Crippen LogP) is 12.1. The lowest BCUT2D eigenvalue weighted by Gasteiger charge is -2.19. The number of hydrogen-bond acceptors (Lipinski definition) is 8. The molecule has 0 radical (unpaired) electrons. The van der Waals surface area contributed by atoms with E-state index in [1.165, 1.54) is 70.6 Å². The van der Waals surface area contributed by atoms with E-state index in [0.29, 0.717) is 12.8 Å². The van der Waals surface area contributed by atoms with Gasteiger partial charge >= 0.3 is 19.8 Å². The van der Waals surface area contributed by atoms with Gasteiger partial charge in [0.25, 0.3) is 0 Å². The summed E-state index contributed by atoms with van der Waals surface area (Å²) in [6.07, 6.45) is 46.9. The third-order valence-electron chi connectivity index (χ3n) is 8.63. The van der Waals surface area contributed by atoms with Gasteiger partial charge in [0.15, 0.2) is 6.10 Å². The number of carbonyl (C=O) groups is 2. The Morgan fingerprint density at radius 1 is 0.556 bits per heavy atom. The monoisotopic (exact) mass is 780 g/mol. The quantitative estimate of drug-likeness (QED) is 0.0270. The Morgan fingerprint density at radius 3 is 1.54 bits per heavy atom. The molecule has 0 aliphatic rings. The lowest BCUT2D eigenvalue weighted by molar-refractivity contribution is -0.161. The molecule has 0 saturated carbocycles. The molecule has 9 nitrogen and oxygen atoms in total. The topological polar surface area (TPSA) is 134 Å². The van der Waals surface area contributed by atoms with E-state index in [9.17, 15) is 19.0 Å². The van der Waals surface area contributed by atoms with Crippen molar-refractivity contribution in [2.24, 2.45) is 5.73 Å². The van der Waals surface area contributed by atoms with Crippen LogP contribution in [0.25, 0.3) is 0 Å². The van der Waals surface area contributed by atoms with Gasteiger partial charge in [-0.2, -0.15) is 0 Å². The minimum atomic E-state index is -4.39. The van der Waals surface area contributed by atoms with Crippen molar-refractivity contribution < 1.29 is 37.6 Å². The molecule has 1 unspecified atom stereocenters. The van der Waals surface area contributed by atoms with Crippen LogP contribution < -0.4 is 5.73 Å². The first-order chi connectivity index (χ1) is 26.3. The van der Waals surface area contributed by atoms with Crippen LogP contribution in [0.3, 0.4) is 0 Å². The number of nitrogens with two attached hydrogens (primary N) is 1. The fraction of sp³-hybridized carbons (Fsp3) is 0.727. The van der Waals surface area contributed by atoms with Crippen molar-refractivity contribution in [3.8, 4) is 0 Å². The van der Waals surface area contributed by atoms with Crippen LogP contribution in [0.5, 0.6) is 0 Å². The molecule has 0 fully saturated rings. The van der Waals surface area contributed by atoms with Crippen LogP contribution in [0.4, 0.5) is 0 Å². The second-order valence-corrected chi connectivity index (χ2v) is 15.3. The fourth-order valence-corrected chi connectivity index (χ4v) is 6.21. The fourth-order valence-electron chi connectivity index (χ4n) is 5.44. The van der Waals surface area contributed by atoms with Crippen LogP contribution in [0.15, 0.2) is 60.8 Å². The van der Waals surface area contributed by atoms with E-state index in [2.05, 4.69) is 74.6 Å². The normalized spacial score (nSPS) is 13.9. The van der Waals surface area contributed by atoms with Gasteiger partial charge in [0.1, 0.15) is 6.61 Å². The van der Waals surface area contributed by atoms with Crippen molar-refractivity contribution >= 4 is 19.8 Å². The largest absolute Gasteiger partial charge is 0.472 e. The third-order valence-corrected chi connectivity index (χ3v) is 9.61. The molecule has 0 rings (SSSR count). The number of esters is 2. The second-order valence-electron chi connectivity index (χ2n) is 13.8. The van der Waals surface area contributed by atoms with E-state index in [-0.39, 0.29) is 32.6 Å². The molecule has 0 saturated heterocycles. The van der Waals surface area contributed by atoms with E-state index in [0.717, 1.165) is 64.2 Å². The van der Waals surface area contributed by atoms with Crippen molar-refractivity contribution in [2.75, 3.05) is 26.4 Å². The van der Waals surface area contributed by atoms with Gasteiger partial charge in [0, 0.05) is 19.4 Å². The van der Waals surface area contributed by atoms with E-state index in [4.69, 9.17) is 24.3 Å². The second kappa shape index (κ2) is 40.4. The summed E-state index contributed by atoms with van der Waals surface area (Å²) in [6.45, 7) is 3.62. The summed E-state index contributed by atoms with van der Waals surface area (Å²) in [5.41, 5.74) is 5.33. The number of ether oxygens (including phenoxy) is 2. The molecule has 0 aromatic rings. The van der Waals surface area contributed by atoms with Gasteiger partial charge in [-0.1, -0.05) is 145 Å². The Kier molecular flexibility index (Phi) is 38.7. The Morgan fingerprint density at radius 2 is 0.981 bits per heavy atom. The highest BCUT2D eigenvalue weighted by molar-refractivity contribution is 7.47. The molecule has 0 bridgehead atoms. The highest BCUT2D eigenvalue weighted by Gasteiger charge is 2.25. The summed E-state index contributed by atoms with van der Waals surface area (Å²) < 4.78 is 32.6. The molecule has 0 aliphatic heterocycles. The van der Waals surface area contributed by atoms with Crippen molar-refractivity contribution in [1.82, 2.24) is 0 Å². The number of carbonyl (C=O) groups excluding carboxylic acids is 2. The molecule has 0 aliphatic carbocycles. The van der Waals surface area contributed by atoms with Gasteiger partial charge in [-0.15, -0.1) is 0 Å². The van der Waals surface area contributed by atoms with Crippen LogP contribution in [-0.4, -0.2) is 49.3 Å². The zero-order valence-corrected chi connectivity index (χ0v) is 35.1. The first-order valence-corrected chi connectivity index (χ1v) is 22.8. The molecule has 3 N–H and O–H groups in total. The highest BCUT2D eigenvalue weighted by atomic mass is 31.2. The number of phosphoric ester groups is 1. The zero-order chi connectivity index (χ0) is 39.6. The van der Waals surface area contributed by atoms with Gasteiger partial charge in [0.2, 0.25) is 0 Å². The van der Waals surface area contributed by atoms with Crippen molar-refractivity contribution in [3.63, 3.8) is 0 Å². The number of rotatable bonds is 39. The van der Waals surface area contributed by atoms with E-state index in [1.807, 2.05) is 0 Å². The zero-order valence-electron chi connectivity index (χ0n) is 34.2. The minimum Gasteiger partial charge on any atom is -0.462 e. The number of phosphoric acid groups is 1. The lowest BCUT2D eigenvalue weighted by Crippen LogP contribution is -2.29. The third kappa shape index (κ3) is 39.4. The van der Waals surface area contributed by atoms with Gasteiger partial charge in [0.05, 0.1) is 13.2 Å². The van der Waals surface area contributed by atoms with Crippen molar-refractivity contribution in [3.05, 3.63) is 60.8 Å². The van der Waals surface area contributed by atoms with Gasteiger partial charge in [-0.05, 0) is 77.0 Å². The molecule has 10 heteroatoms. The molecular formula is C44H78NO8P. The maximum Gasteiger partial charge on any atom is 0.472 e. The van der Waals surface area contributed by atoms with Gasteiger partial charge < -0.3 is 20.1 Å².